The summed E-state index contributed by atoms with van der Waals surface area (Å²) in [6.45, 7) is 2.66. The van der Waals surface area contributed by atoms with E-state index in [1.807, 2.05) is 17.9 Å². The highest BCUT2D eigenvalue weighted by Crippen LogP contribution is 2.29. The van der Waals surface area contributed by atoms with Crippen LogP contribution in [0.2, 0.25) is 0 Å². The Morgan fingerprint density at radius 2 is 2.18 bits per heavy atom. The van der Waals surface area contributed by atoms with Crippen LogP contribution in [0.1, 0.15) is 37.1 Å². The van der Waals surface area contributed by atoms with Crippen molar-refractivity contribution in [2.24, 2.45) is 7.05 Å². The third-order valence-corrected chi connectivity index (χ3v) is 4.18. The van der Waals surface area contributed by atoms with Gasteiger partial charge in [0.25, 0.3) is 0 Å². The molecular weight excluding hydrogens is 281 g/mol. The van der Waals surface area contributed by atoms with Gasteiger partial charge in [-0.3, -0.25) is 4.68 Å². The number of aromatic nitrogens is 2. The molecule has 0 spiro atoms. The summed E-state index contributed by atoms with van der Waals surface area (Å²) in [5.74, 6) is 0.450. The number of nitrogens with one attached hydrogen (secondary N) is 1. The van der Waals surface area contributed by atoms with Crippen LogP contribution in [-0.4, -0.2) is 22.4 Å². The number of benzene rings is 1. The van der Waals surface area contributed by atoms with Crippen molar-refractivity contribution >= 4 is 0 Å². The van der Waals surface area contributed by atoms with E-state index >= 15 is 0 Å². The van der Waals surface area contributed by atoms with Crippen LogP contribution in [0, 0.1) is 5.82 Å². The summed E-state index contributed by atoms with van der Waals surface area (Å²) >= 11 is 0. The van der Waals surface area contributed by atoms with Gasteiger partial charge in [-0.25, -0.2) is 4.39 Å². The zero-order chi connectivity index (χ0) is 15.5. The summed E-state index contributed by atoms with van der Waals surface area (Å²) in [5.41, 5.74) is 2.64. The van der Waals surface area contributed by atoms with Crippen molar-refractivity contribution in [3.63, 3.8) is 0 Å². The van der Waals surface area contributed by atoms with Crippen LogP contribution in [0.3, 0.4) is 0 Å². The van der Waals surface area contributed by atoms with E-state index in [0.717, 1.165) is 12.8 Å². The molecule has 4 nitrogen and oxygen atoms in total. The molecule has 118 valence electrons. The second kappa shape index (κ2) is 6.48. The van der Waals surface area contributed by atoms with E-state index in [9.17, 15) is 4.39 Å². The largest absolute Gasteiger partial charge is 0.492 e. The van der Waals surface area contributed by atoms with Gasteiger partial charge >= 0.3 is 0 Å². The van der Waals surface area contributed by atoms with Crippen molar-refractivity contribution in [3.8, 4) is 5.75 Å². The number of aryl methyl sites for hydroxylation is 1. The normalized spacial score (nSPS) is 18.8. The highest BCUT2D eigenvalue weighted by atomic mass is 19.1. The van der Waals surface area contributed by atoms with Crippen molar-refractivity contribution in [3.05, 3.63) is 47.5 Å². The van der Waals surface area contributed by atoms with Gasteiger partial charge < -0.3 is 10.1 Å². The topological polar surface area (TPSA) is 39.1 Å². The Labute approximate surface area is 130 Å². The van der Waals surface area contributed by atoms with Crippen molar-refractivity contribution in [2.45, 2.75) is 38.3 Å². The SMILES string of the molecule is C[C@H](COc1ccc(F)cc1)N[C@@H]1CCCc2c1cnn2C. The Morgan fingerprint density at radius 3 is 2.95 bits per heavy atom. The maximum atomic E-state index is 12.9. The predicted octanol–water partition coefficient (Wildman–Crippen LogP) is 2.99. The number of ether oxygens (including phenoxy) is 1. The molecule has 1 aromatic heterocycles. The molecule has 1 aromatic carbocycles. The molecule has 0 aliphatic heterocycles. The first-order valence-electron chi connectivity index (χ1n) is 7.78. The molecule has 0 radical (unpaired) electrons. The molecule has 0 saturated carbocycles. The van der Waals surface area contributed by atoms with Crippen molar-refractivity contribution in [1.82, 2.24) is 15.1 Å². The maximum absolute atomic E-state index is 12.9. The Morgan fingerprint density at radius 1 is 1.41 bits per heavy atom. The average Bonchev–Trinajstić information content (AvgIpc) is 2.90. The number of hydrogen-bond donors (Lipinski definition) is 1. The fourth-order valence-corrected chi connectivity index (χ4v) is 3.02. The van der Waals surface area contributed by atoms with E-state index < -0.39 is 0 Å². The lowest BCUT2D eigenvalue weighted by Crippen LogP contribution is -2.36. The third-order valence-electron chi connectivity index (χ3n) is 4.18. The minimum atomic E-state index is -0.246. The molecule has 1 heterocycles. The molecule has 0 saturated heterocycles. The highest BCUT2D eigenvalue weighted by molar-refractivity contribution is 5.25. The van der Waals surface area contributed by atoms with Crippen molar-refractivity contribution in [1.29, 1.82) is 0 Å². The zero-order valence-electron chi connectivity index (χ0n) is 13.1. The number of halogens is 1. The van der Waals surface area contributed by atoms with Crippen LogP contribution in [0.4, 0.5) is 4.39 Å². The summed E-state index contributed by atoms with van der Waals surface area (Å²) in [6, 6.07) is 6.68. The predicted molar refractivity (Wildman–Crippen MR) is 83.4 cm³/mol. The van der Waals surface area contributed by atoms with E-state index in [0.29, 0.717) is 18.4 Å². The van der Waals surface area contributed by atoms with Gasteiger partial charge in [0, 0.05) is 30.4 Å². The molecule has 22 heavy (non-hydrogen) atoms. The molecule has 1 N–H and O–H groups in total. The molecule has 2 aromatic rings. The van der Waals surface area contributed by atoms with Gasteiger partial charge in [-0.15, -0.1) is 0 Å². The Hall–Kier alpha value is -1.88. The molecule has 5 heteroatoms. The number of fused-ring (bicyclic) bond motifs is 1. The van der Waals surface area contributed by atoms with Gasteiger partial charge in [0.05, 0.1) is 6.20 Å². The first-order valence-corrected chi connectivity index (χ1v) is 7.78. The summed E-state index contributed by atoms with van der Waals surface area (Å²) in [4.78, 5) is 0. The number of rotatable bonds is 5. The minimum absolute atomic E-state index is 0.209. The third kappa shape index (κ3) is 3.30. The Kier molecular flexibility index (Phi) is 4.43. The van der Waals surface area contributed by atoms with Gasteiger partial charge in [-0.1, -0.05) is 0 Å². The fourth-order valence-electron chi connectivity index (χ4n) is 3.02. The first kappa shape index (κ1) is 15.0. The molecule has 0 fully saturated rings. The second-order valence-corrected chi connectivity index (χ2v) is 5.95. The van der Waals surface area contributed by atoms with Gasteiger partial charge in [0.15, 0.2) is 0 Å². The van der Waals surface area contributed by atoms with Crippen LogP contribution in [-0.2, 0) is 13.5 Å². The monoisotopic (exact) mass is 303 g/mol. The molecular formula is C17H22FN3O. The lowest BCUT2D eigenvalue weighted by atomic mass is 9.92. The van der Waals surface area contributed by atoms with Crippen molar-refractivity contribution < 1.29 is 9.13 Å². The zero-order valence-corrected chi connectivity index (χ0v) is 13.1. The lowest BCUT2D eigenvalue weighted by Gasteiger charge is -2.27. The fraction of sp³-hybridized carbons (Fsp3) is 0.471. The number of nitrogens with zero attached hydrogens (tertiary/aromatic N) is 2. The Balaban J connectivity index is 1.56. The summed E-state index contributed by atoms with van der Waals surface area (Å²) in [6.07, 6.45) is 5.37. The minimum Gasteiger partial charge on any atom is -0.492 e. The molecule has 2 atom stereocenters. The molecule has 1 aliphatic carbocycles. The highest BCUT2D eigenvalue weighted by Gasteiger charge is 2.24. The van der Waals surface area contributed by atoms with Gasteiger partial charge in [-0.05, 0) is 50.5 Å². The quantitative estimate of drug-likeness (QED) is 0.923. The van der Waals surface area contributed by atoms with E-state index in [-0.39, 0.29) is 11.9 Å². The Bertz CT molecular complexity index is 623. The molecule has 0 amide bonds. The van der Waals surface area contributed by atoms with Crippen molar-refractivity contribution in [2.75, 3.05) is 6.61 Å². The van der Waals surface area contributed by atoms with E-state index in [1.54, 1.807) is 12.1 Å². The van der Waals surface area contributed by atoms with Crippen LogP contribution >= 0.6 is 0 Å². The maximum Gasteiger partial charge on any atom is 0.123 e. The molecule has 0 unspecified atom stereocenters. The van der Waals surface area contributed by atoms with Crippen LogP contribution < -0.4 is 10.1 Å². The standard InChI is InChI=1S/C17H22FN3O/c1-12(11-22-14-8-6-13(18)7-9-14)20-16-4-3-5-17-15(16)10-19-21(17)2/h6-10,12,16,20H,3-5,11H2,1-2H3/t12-,16-/m1/s1. The van der Waals surface area contributed by atoms with Crippen LogP contribution in [0.5, 0.6) is 5.75 Å². The van der Waals surface area contributed by atoms with Gasteiger partial charge in [0.2, 0.25) is 0 Å². The first-order chi connectivity index (χ1) is 10.6. The van der Waals surface area contributed by atoms with Gasteiger partial charge in [-0.2, -0.15) is 5.10 Å². The summed E-state index contributed by atoms with van der Waals surface area (Å²) < 4.78 is 20.5. The molecule has 3 rings (SSSR count). The second-order valence-electron chi connectivity index (χ2n) is 5.95. The molecule has 1 aliphatic rings. The van der Waals surface area contributed by atoms with E-state index in [4.69, 9.17) is 4.74 Å². The number of hydrogen-bond acceptors (Lipinski definition) is 3. The summed E-state index contributed by atoms with van der Waals surface area (Å²) in [7, 11) is 2.00. The molecule has 0 bridgehead atoms. The van der Waals surface area contributed by atoms with E-state index in [2.05, 4.69) is 17.3 Å². The van der Waals surface area contributed by atoms with Gasteiger partial charge in [0.1, 0.15) is 18.2 Å². The smallest absolute Gasteiger partial charge is 0.123 e. The average molecular weight is 303 g/mol. The van der Waals surface area contributed by atoms with Crippen LogP contribution in [0.25, 0.3) is 0 Å². The van der Waals surface area contributed by atoms with Crippen LogP contribution in [0.15, 0.2) is 30.5 Å². The lowest BCUT2D eigenvalue weighted by molar-refractivity contribution is 0.255. The van der Waals surface area contributed by atoms with E-state index in [1.165, 1.54) is 29.8 Å². The summed E-state index contributed by atoms with van der Waals surface area (Å²) in [5, 5.41) is 7.99.